The predicted molar refractivity (Wildman–Crippen MR) is 73.9 cm³/mol. The van der Waals surface area contributed by atoms with Crippen LogP contribution in [0.4, 0.5) is 0 Å². The number of halogens is 2. The molecule has 7 heteroatoms. The van der Waals surface area contributed by atoms with Gasteiger partial charge in [-0.3, -0.25) is 0 Å². The van der Waals surface area contributed by atoms with E-state index in [2.05, 4.69) is 4.98 Å². The van der Waals surface area contributed by atoms with Crippen LogP contribution in [0, 0.1) is 4.77 Å². The van der Waals surface area contributed by atoms with Gasteiger partial charge >= 0.3 is 5.97 Å². The zero-order valence-electron chi connectivity index (χ0n) is 9.66. The van der Waals surface area contributed by atoms with Gasteiger partial charge in [0, 0.05) is 0 Å². The molecule has 1 atom stereocenters. The molecule has 0 aliphatic heterocycles. The molecule has 1 aromatic heterocycles. The number of hydrogen-bond acceptors (Lipinski definition) is 3. The summed E-state index contributed by atoms with van der Waals surface area (Å²) in [5, 5.41) is 0.835. The van der Waals surface area contributed by atoms with Gasteiger partial charge in [-0.05, 0) is 31.3 Å². The summed E-state index contributed by atoms with van der Waals surface area (Å²) in [5.74, 6) is -0.377. The second kappa shape index (κ2) is 4.91. The van der Waals surface area contributed by atoms with Crippen molar-refractivity contribution in [1.82, 2.24) is 9.55 Å². The van der Waals surface area contributed by atoms with Gasteiger partial charge in [-0.2, -0.15) is 0 Å². The van der Waals surface area contributed by atoms with Crippen molar-refractivity contribution in [2.45, 2.75) is 13.0 Å². The van der Waals surface area contributed by atoms with Crippen molar-refractivity contribution in [3.05, 3.63) is 26.9 Å². The van der Waals surface area contributed by atoms with Crippen molar-refractivity contribution in [3.8, 4) is 0 Å². The molecule has 1 aromatic carbocycles. The zero-order valence-corrected chi connectivity index (χ0v) is 12.0. The summed E-state index contributed by atoms with van der Waals surface area (Å²) in [4.78, 5) is 14.6. The molecule has 0 aliphatic rings. The second-order valence-electron chi connectivity index (χ2n) is 3.78. The van der Waals surface area contributed by atoms with Crippen molar-refractivity contribution in [2.24, 2.45) is 0 Å². The lowest BCUT2D eigenvalue weighted by Crippen LogP contribution is -2.17. The number of aromatic amines is 1. The van der Waals surface area contributed by atoms with Crippen LogP contribution in [-0.2, 0) is 9.53 Å². The molecule has 4 nitrogen and oxygen atoms in total. The molecule has 18 heavy (non-hydrogen) atoms. The van der Waals surface area contributed by atoms with E-state index in [1.54, 1.807) is 23.6 Å². The normalized spacial score (nSPS) is 12.7. The monoisotopic (exact) mass is 304 g/mol. The fourth-order valence-corrected chi connectivity index (χ4v) is 2.47. The largest absolute Gasteiger partial charge is 0.467 e. The van der Waals surface area contributed by atoms with Gasteiger partial charge in [0.25, 0.3) is 0 Å². The van der Waals surface area contributed by atoms with E-state index < -0.39 is 6.04 Å². The van der Waals surface area contributed by atoms with Crippen LogP contribution in [0.25, 0.3) is 11.0 Å². The smallest absolute Gasteiger partial charge is 0.328 e. The highest BCUT2D eigenvalue weighted by atomic mass is 35.5. The van der Waals surface area contributed by atoms with Crippen LogP contribution in [-0.4, -0.2) is 22.6 Å². The van der Waals surface area contributed by atoms with Crippen LogP contribution < -0.4 is 0 Å². The van der Waals surface area contributed by atoms with Crippen molar-refractivity contribution in [2.75, 3.05) is 7.11 Å². The number of esters is 1. The van der Waals surface area contributed by atoms with Gasteiger partial charge in [-0.1, -0.05) is 23.2 Å². The molecule has 0 radical (unpaired) electrons. The van der Waals surface area contributed by atoms with Crippen molar-refractivity contribution < 1.29 is 9.53 Å². The zero-order chi connectivity index (χ0) is 13.4. The van der Waals surface area contributed by atoms with Crippen LogP contribution in [0.2, 0.25) is 10.0 Å². The van der Waals surface area contributed by atoms with Crippen LogP contribution in [0.3, 0.4) is 0 Å². The maximum atomic E-state index is 11.6. The number of methoxy groups -OCH3 is 1. The minimum Gasteiger partial charge on any atom is -0.467 e. The Morgan fingerprint density at radius 2 is 2.06 bits per heavy atom. The Morgan fingerprint density at radius 3 is 2.67 bits per heavy atom. The second-order valence-corrected chi connectivity index (χ2v) is 4.98. The Morgan fingerprint density at radius 1 is 1.44 bits per heavy atom. The molecule has 1 unspecified atom stereocenters. The van der Waals surface area contributed by atoms with E-state index in [4.69, 9.17) is 40.2 Å². The van der Waals surface area contributed by atoms with Crippen LogP contribution in [0.15, 0.2) is 12.1 Å². The Balaban J connectivity index is 2.71. The average molecular weight is 305 g/mol. The minimum atomic E-state index is -0.534. The van der Waals surface area contributed by atoms with Gasteiger partial charge < -0.3 is 14.3 Å². The number of rotatable bonds is 2. The molecule has 2 rings (SSSR count). The highest BCUT2D eigenvalue weighted by Crippen LogP contribution is 2.29. The summed E-state index contributed by atoms with van der Waals surface area (Å²) < 4.78 is 6.78. The SMILES string of the molecule is COC(=O)C(C)n1c(=S)[nH]c2cc(Cl)c(Cl)cc21. The quantitative estimate of drug-likeness (QED) is 0.679. The number of ether oxygens (including phenoxy) is 1. The number of nitrogens with one attached hydrogen (secondary N) is 1. The number of carbonyl (C=O) groups is 1. The number of imidazole rings is 1. The number of carbonyl (C=O) groups excluding carboxylic acids is 1. The van der Waals surface area contributed by atoms with Crippen molar-refractivity contribution >= 4 is 52.4 Å². The van der Waals surface area contributed by atoms with E-state index in [1.165, 1.54) is 7.11 Å². The molecule has 2 aromatic rings. The van der Waals surface area contributed by atoms with Gasteiger partial charge in [0.15, 0.2) is 4.77 Å². The molecule has 96 valence electrons. The first-order chi connectivity index (χ1) is 8.45. The van der Waals surface area contributed by atoms with Gasteiger partial charge in [0.05, 0.1) is 28.2 Å². The molecule has 0 saturated carbocycles. The van der Waals surface area contributed by atoms with Crippen molar-refractivity contribution in [3.63, 3.8) is 0 Å². The third kappa shape index (κ3) is 2.13. The summed E-state index contributed by atoms with van der Waals surface area (Å²) >= 11 is 17.1. The maximum Gasteiger partial charge on any atom is 0.328 e. The number of nitrogens with zero attached hydrogens (tertiary/aromatic N) is 1. The van der Waals surface area contributed by atoms with Crippen LogP contribution in [0.1, 0.15) is 13.0 Å². The topological polar surface area (TPSA) is 47.0 Å². The summed E-state index contributed by atoms with van der Waals surface area (Å²) in [6.45, 7) is 1.71. The Bertz CT molecular complexity index is 677. The number of benzene rings is 1. The fraction of sp³-hybridized carbons (Fsp3) is 0.273. The minimum absolute atomic E-state index is 0.377. The van der Waals surface area contributed by atoms with Crippen LogP contribution in [0.5, 0.6) is 0 Å². The highest BCUT2D eigenvalue weighted by Gasteiger charge is 2.19. The van der Waals surface area contributed by atoms with E-state index in [0.29, 0.717) is 20.3 Å². The standard InChI is InChI=1S/C11H10Cl2N2O2S/c1-5(10(16)17-2)15-9-4-7(13)6(12)3-8(9)14-11(15)18/h3-5H,1-2H3,(H,14,18). The van der Waals surface area contributed by atoms with E-state index in [9.17, 15) is 4.79 Å². The van der Waals surface area contributed by atoms with Gasteiger partial charge in [0.2, 0.25) is 0 Å². The maximum absolute atomic E-state index is 11.6. The van der Waals surface area contributed by atoms with E-state index in [1.807, 2.05) is 0 Å². The lowest BCUT2D eigenvalue weighted by Gasteiger charge is -2.12. The van der Waals surface area contributed by atoms with Gasteiger partial charge in [0.1, 0.15) is 6.04 Å². The molecule has 0 bridgehead atoms. The Hall–Kier alpha value is -1.04. The lowest BCUT2D eigenvalue weighted by molar-refractivity contribution is -0.143. The van der Waals surface area contributed by atoms with E-state index >= 15 is 0 Å². The highest BCUT2D eigenvalue weighted by molar-refractivity contribution is 7.71. The lowest BCUT2D eigenvalue weighted by atomic mass is 10.3. The fourth-order valence-electron chi connectivity index (χ4n) is 1.78. The summed E-state index contributed by atoms with van der Waals surface area (Å²) in [6, 6.07) is 2.81. The first kappa shape index (κ1) is 13.4. The van der Waals surface area contributed by atoms with Gasteiger partial charge in [-0.15, -0.1) is 0 Å². The first-order valence-corrected chi connectivity index (χ1v) is 6.29. The number of H-pyrrole nitrogens is 1. The Kier molecular flexibility index (Phi) is 3.66. The Labute approximate surface area is 118 Å². The molecule has 0 spiro atoms. The molecule has 1 heterocycles. The summed E-state index contributed by atoms with van der Waals surface area (Å²) in [7, 11) is 1.33. The molecule has 1 N–H and O–H groups in total. The van der Waals surface area contributed by atoms with Crippen LogP contribution >= 0.6 is 35.4 Å². The third-order valence-corrected chi connectivity index (χ3v) is 3.71. The molecule has 0 amide bonds. The summed E-state index contributed by atoms with van der Waals surface area (Å²) in [5.41, 5.74) is 1.44. The average Bonchev–Trinajstić information content (AvgIpc) is 2.63. The number of hydrogen-bond donors (Lipinski definition) is 1. The van der Waals surface area contributed by atoms with E-state index in [-0.39, 0.29) is 5.97 Å². The molecule has 0 aliphatic carbocycles. The number of aromatic nitrogens is 2. The molecule has 0 fully saturated rings. The molecular weight excluding hydrogens is 295 g/mol. The number of fused-ring (bicyclic) bond motifs is 1. The predicted octanol–water partition coefficient (Wildman–Crippen LogP) is 3.74. The van der Waals surface area contributed by atoms with Crippen molar-refractivity contribution in [1.29, 1.82) is 0 Å². The molecular formula is C11H10Cl2N2O2S. The van der Waals surface area contributed by atoms with E-state index in [0.717, 1.165) is 5.52 Å². The van der Waals surface area contributed by atoms with Gasteiger partial charge in [-0.25, -0.2) is 4.79 Å². The third-order valence-electron chi connectivity index (χ3n) is 2.69. The molecule has 0 saturated heterocycles. The summed E-state index contributed by atoms with van der Waals surface area (Å²) in [6.07, 6.45) is 0. The first-order valence-electron chi connectivity index (χ1n) is 5.12.